The Morgan fingerprint density at radius 1 is 1.24 bits per heavy atom. The van der Waals surface area contributed by atoms with Gasteiger partial charge in [-0.25, -0.2) is 4.99 Å². The fourth-order valence-corrected chi connectivity index (χ4v) is 4.09. The van der Waals surface area contributed by atoms with Crippen molar-refractivity contribution in [2.75, 3.05) is 44.1 Å². The van der Waals surface area contributed by atoms with Gasteiger partial charge in [0.25, 0.3) is 0 Å². The summed E-state index contributed by atoms with van der Waals surface area (Å²) in [6.07, 6.45) is -4.76. The lowest BCUT2D eigenvalue weighted by atomic mass is 9.98. The maximum Gasteiger partial charge on any atom is 0.422 e. The van der Waals surface area contributed by atoms with E-state index in [9.17, 15) is 28.5 Å². The average Bonchev–Trinajstić information content (AvgIpc) is 3.10. The molecular formula is C23H29ClF3N5O5. The van der Waals surface area contributed by atoms with Gasteiger partial charge in [-0.1, -0.05) is 23.4 Å². The number of halogens is 4. The van der Waals surface area contributed by atoms with Crippen LogP contribution >= 0.6 is 11.6 Å². The molecule has 0 spiro atoms. The molecule has 2 aliphatic rings. The zero-order valence-corrected chi connectivity index (χ0v) is 21.0. The zero-order valence-electron chi connectivity index (χ0n) is 20.2. The molecule has 1 fully saturated rings. The minimum Gasteiger partial charge on any atom is -0.468 e. The quantitative estimate of drug-likeness (QED) is 0.178. The van der Waals surface area contributed by atoms with Gasteiger partial charge in [-0.2, -0.15) is 23.1 Å². The normalized spacial score (nSPS) is 25.6. The van der Waals surface area contributed by atoms with Crippen LogP contribution in [-0.2, 0) is 9.47 Å². The van der Waals surface area contributed by atoms with Crippen LogP contribution in [0.25, 0.3) is 0 Å². The molecule has 0 amide bonds. The van der Waals surface area contributed by atoms with Gasteiger partial charge in [0.15, 0.2) is 11.8 Å². The van der Waals surface area contributed by atoms with Crippen LogP contribution in [-0.4, -0.2) is 88.9 Å². The second kappa shape index (κ2) is 12.7. The van der Waals surface area contributed by atoms with Gasteiger partial charge in [0, 0.05) is 31.9 Å². The second-order valence-electron chi connectivity index (χ2n) is 8.65. The SMILES string of the molecule is COCCNc1nc(Cl)c(C#CC2CC=C(OCC(F)(F)F)N=C2C)c(N[C@@H]2C[C@H](CO)[C@@H](O)[C@H]2O)n1. The molecule has 37 heavy (non-hydrogen) atoms. The first-order chi connectivity index (χ1) is 17.5. The lowest BCUT2D eigenvalue weighted by Crippen LogP contribution is -2.36. The number of alkyl halides is 3. The van der Waals surface area contributed by atoms with Crippen molar-refractivity contribution >= 4 is 29.1 Å². The molecule has 10 nitrogen and oxygen atoms in total. The van der Waals surface area contributed by atoms with Crippen molar-refractivity contribution in [2.24, 2.45) is 16.8 Å². The predicted octanol–water partition coefficient (Wildman–Crippen LogP) is 1.96. The van der Waals surface area contributed by atoms with Crippen LogP contribution in [0.4, 0.5) is 24.9 Å². The van der Waals surface area contributed by atoms with Crippen molar-refractivity contribution in [1.82, 2.24) is 9.97 Å². The molecule has 1 unspecified atom stereocenters. The fourth-order valence-electron chi connectivity index (χ4n) is 3.87. The minimum absolute atomic E-state index is 0.0202. The van der Waals surface area contributed by atoms with Gasteiger partial charge in [-0.3, -0.25) is 0 Å². The third kappa shape index (κ3) is 7.93. The maximum absolute atomic E-state index is 12.4. The smallest absolute Gasteiger partial charge is 0.422 e. The summed E-state index contributed by atoms with van der Waals surface area (Å²) in [5.74, 6) is 5.27. The Balaban J connectivity index is 1.83. The summed E-state index contributed by atoms with van der Waals surface area (Å²) in [4.78, 5) is 12.7. The second-order valence-corrected chi connectivity index (χ2v) is 9.01. The third-order valence-corrected chi connectivity index (χ3v) is 6.16. The van der Waals surface area contributed by atoms with Crippen molar-refractivity contribution in [2.45, 2.75) is 44.2 Å². The number of aliphatic imine (C=N–C) groups is 1. The van der Waals surface area contributed by atoms with Crippen molar-refractivity contribution in [3.8, 4) is 11.8 Å². The van der Waals surface area contributed by atoms with E-state index in [1.807, 2.05) is 0 Å². The van der Waals surface area contributed by atoms with Gasteiger partial charge < -0.3 is 35.4 Å². The van der Waals surface area contributed by atoms with Crippen LogP contribution in [0.3, 0.4) is 0 Å². The summed E-state index contributed by atoms with van der Waals surface area (Å²) in [7, 11) is 1.54. The maximum atomic E-state index is 12.4. The summed E-state index contributed by atoms with van der Waals surface area (Å²) >= 11 is 6.43. The standard InChI is InChI=1S/C23H29ClF3N5O5/c1-12-13(4-6-17(29-12)37-11-23(25,26)27)3-5-15-20(24)31-22(28-7-8-36-2)32-21(15)30-16-9-14(10-33)18(34)19(16)35/h6,13-14,16,18-19,33-35H,4,7-11H2,1-2H3,(H2,28,30,31,32)/t13?,14-,16-,18-,19+/m1/s1. The van der Waals surface area contributed by atoms with Gasteiger partial charge in [-0.05, 0) is 25.8 Å². The highest BCUT2D eigenvalue weighted by molar-refractivity contribution is 6.31. The van der Waals surface area contributed by atoms with Gasteiger partial charge in [-0.15, -0.1) is 0 Å². The summed E-state index contributed by atoms with van der Waals surface area (Å²) in [6, 6.07) is -0.639. The number of hydrogen-bond donors (Lipinski definition) is 5. The van der Waals surface area contributed by atoms with E-state index < -0.39 is 42.9 Å². The third-order valence-electron chi connectivity index (χ3n) is 5.89. The largest absolute Gasteiger partial charge is 0.468 e. The molecule has 0 aromatic carbocycles. The first-order valence-electron chi connectivity index (χ1n) is 11.5. The lowest BCUT2D eigenvalue weighted by Gasteiger charge is -2.20. The van der Waals surface area contributed by atoms with E-state index >= 15 is 0 Å². The van der Waals surface area contributed by atoms with Gasteiger partial charge in [0.05, 0.1) is 24.7 Å². The summed E-state index contributed by atoms with van der Waals surface area (Å²) < 4.78 is 46.9. The first kappa shape index (κ1) is 28.9. The highest BCUT2D eigenvalue weighted by atomic mass is 35.5. The Labute approximate surface area is 217 Å². The Morgan fingerprint density at radius 3 is 2.62 bits per heavy atom. The monoisotopic (exact) mass is 547 g/mol. The number of allylic oxidation sites excluding steroid dienone is 1. The number of methoxy groups -OCH3 is 1. The highest BCUT2D eigenvalue weighted by Gasteiger charge is 2.41. The molecule has 5 atom stereocenters. The van der Waals surface area contributed by atoms with Crippen LogP contribution < -0.4 is 10.6 Å². The van der Waals surface area contributed by atoms with E-state index in [0.29, 0.717) is 18.9 Å². The van der Waals surface area contributed by atoms with Crippen LogP contribution in [0.2, 0.25) is 5.15 Å². The number of aromatic nitrogens is 2. The van der Waals surface area contributed by atoms with Crippen LogP contribution in [0.15, 0.2) is 17.0 Å². The van der Waals surface area contributed by atoms with E-state index in [1.54, 1.807) is 14.0 Å². The number of nitrogens with one attached hydrogen (secondary N) is 2. The van der Waals surface area contributed by atoms with Crippen molar-refractivity contribution in [1.29, 1.82) is 0 Å². The van der Waals surface area contributed by atoms with E-state index in [0.717, 1.165) is 0 Å². The molecule has 204 valence electrons. The number of nitrogens with zero attached hydrogens (tertiary/aromatic N) is 3. The van der Waals surface area contributed by atoms with E-state index in [1.165, 1.54) is 6.08 Å². The molecular weight excluding hydrogens is 519 g/mol. The van der Waals surface area contributed by atoms with Crippen LogP contribution in [0.5, 0.6) is 0 Å². The predicted molar refractivity (Wildman–Crippen MR) is 130 cm³/mol. The molecule has 5 N–H and O–H groups in total. The fraction of sp³-hybridized carbons (Fsp3) is 0.609. The van der Waals surface area contributed by atoms with Crippen LogP contribution in [0, 0.1) is 23.7 Å². The topological polar surface area (TPSA) is 141 Å². The van der Waals surface area contributed by atoms with Crippen molar-refractivity contribution in [3.63, 3.8) is 0 Å². The summed E-state index contributed by atoms with van der Waals surface area (Å²) in [5, 5.41) is 36.1. The molecule has 0 radical (unpaired) electrons. The minimum atomic E-state index is -4.47. The molecule has 0 saturated heterocycles. The molecule has 1 aromatic heterocycles. The van der Waals surface area contributed by atoms with Crippen LogP contribution in [0.1, 0.15) is 25.3 Å². The molecule has 2 heterocycles. The van der Waals surface area contributed by atoms with Gasteiger partial charge >= 0.3 is 6.18 Å². The molecule has 1 aromatic rings. The van der Waals surface area contributed by atoms with Crippen molar-refractivity contribution < 1.29 is 38.0 Å². The number of ether oxygens (including phenoxy) is 2. The molecule has 1 aliphatic carbocycles. The Hall–Kier alpha value is -2.63. The summed E-state index contributed by atoms with van der Waals surface area (Å²) in [6.45, 7) is 0.698. The first-order valence-corrected chi connectivity index (χ1v) is 11.9. The number of aliphatic hydroxyl groups is 3. The highest BCUT2D eigenvalue weighted by Crippen LogP contribution is 2.31. The van der Waals surface area contributed by atoms with E-state index in [4.69, 9.17) is 21.1 Å². The van der Waals surface area contributed by atoms with Gasteiger partial charge in [0.2, 0.25) is 11.8 Å². The zero-order chi connectivity index (χ0) is 27.2. The number of rotatable bonds is 9. The molecule has 1 saturated carbocycles. The molecule has 3 rings (SSSR count). The van der Waals surface area contributed by atoms with Gasteiger partial charge in [0.1, 0.15) is 17.5 Å². The lowest BCUT2D eigenvalue weighted by molar-refractivity contribution is -0.165. The number of aliphatic hydroxyl groups excluding tert-OH is 3. The Morgan fingerprint density at radius 2 is 2.00 bits per heavy atom. The van der Waals surface area contributed by atoms with E-state index in [-0.39, 0.29) is 47.8 Å². The summed E-state index contributed by atoms with van der Waals surface area (Å²) in [5.41, 5.74) is 0.695. The average molecular weight is 548 g/mol. The number of anilines is 2. The van der Waals surface area contributed by atoms with E-state index in [2.05, 4.69) is 37.4 Å². The Bertz CT molecular complexity index is 1080. The number of hydrogen-bond acceptors (Lipinski definition) is 10. The van der Waals surface area contributed by atoms with Crippen molar-refractivity contribution in [3.05, 3.63) is 22.7 Å². The molecule has 14 heteroatoms. The molecule has 0 bridgehead atoms. The molecule has 1 aliphatic heterocycles. The Kier molecular flexibility index (Phi) is 9.97.